The summed E-state index contributed by atoms with van der Waals surface area (Å²) in [4.78, 5) is 26.7. The second-order valence-corrected chi connectivity index (χ2v) is 9.68. The number of hydrogen-bond donors (Lipinski definition) is 1. The van der Waals surface area contributed by atoms with Crippen molar-refractivity contribution in [2.75, 3.05) is 20.3 Å². The van der Waals surface area contributed by atoms with Crippen LogP contribution in [-0.2, 0) is 25.7 Å². The molecule has 2 aromatic carbocycles. The predicted molar refractivity (Wildman–Crippen MR) is 138 cm³/mol. The molecular weight excluding hydrogens is 470 g/mol. The van der Waals surface area contributed by atoms with E-state index < -0.39 is 11.9 Å². The smallest absolute Gasteiger partial charge is 0.336 e. The number of Topliss-reactive ketones (excluding diaryl/α,β-unsaturated/α-hetero) is 1. The molecule has 2 aliphatic heterocycles. The Morgan fingerprint density at radius 2 is 1.92 bits per heavy atom. The van der Waals surface area contributed by atoms with E-state index in [0.29, 0.717) is 48.0 Å². The SMILES string of the molecule is COc1ccc([C@@H]2C(C(=O)OC[C@@H]3CCCO3)=C(C)NC3=C2C(=O)CCC3)cc1OCc1ccccc1. The van der Waals surface area contributed by atoms with Crippen LogP contribution in [0, 0.1) is 0 Å². The molecule has 2 heterocycles. The molecule has 3 aliphatic rings. The predicted octanol–water partition coefficient (Wildman–Crippen LogP) is 4.96. The first-order valence-electron chi connectivity index (χ1n) is 12.9. The second kappa shape index (κ2) is 11.2. The molecule has 1 saturated heterocycles. The Kier molecular flexibility index (Phi) is 7.60. The van der Waals surface area contributed by atoms with Gasteiger partial charge in [0.2, 0.25) is 0 Å². The largest absolute Gasteiger partial charge is 0.493 e. The van der Waals surface area contributed by atoms with Crippen LogP contribution in [0.25, 0.3) is 0 Å². The number of carbonyl (C=O) groups excluding carboxylic acids is 2. The van der Waals surface area contributed by atoms with Crippen LogP contribution in [0.5, 0.6) is 11.5 Å². The summed E-state index contributed by atoms with van der Waals surface area (Å²) in [6.07, 6.45) is 3.78. The third kappa shape index (κ3) is 5.42. The number of nitrogens with one attached hydrogen (secondary N) is 1. The highest BCUT2D eigenvalue weighted by Gasteiger charge is 2.39. The molecule has 7 nitrogen and oxygen atoms in total. The van der Waals surface area contributed by atoms with Crippen LogP contribution in [0.15, 0.2) is 71.1 Å². The van der Waals surface area contributed by atoms with Crippen molar-refractivity contribution in [1.29, 1.82) is 0 Å². The van der Waals surface area contributed by atoms with E-state index in [2.05, 4.69) is 5.32 Å². The molecule has 7 heteroatoms. The summed E-state index contributed by atoms with van der Waals surface area (Å²) >= 11 is 0. The Morgan fingerprint density at radius 3 is 2.68 bits per heavy atom. The van der Waals surface area contributed by atoms with E-state index in [1.54, 1.807) is 7.11 Å². The minimum atomic E-state index is -0.550. The van der Waals surface area contributed by atoms with Crippen LogP contribution >= 0.6 is 0 Å². The Labute approximate surface area is 217 Å². The van der Waals surface area contributed by atoms with E-state index in [4.69, 9.17) is 18.9 Å². The Bertz CT molecular complexity index is 1230. The van der Waals surface area contributed by atoms with Crippen molar-refractivity contribution in [3.8, 4) is 11.5 Å². The molecule has 1 N–H and O–H groups in total. The zero-order valence-electron chi connectivity index (χ0n) is 21.4. The Balaban J connectivity index is 1.49. The highest BCUT2D eigenvalue weighted by Crippen LogP contribution is 2.44. The fraction of sp³-hybridized carbons (Fsp3) is 0.400. The number of ether oxygens (including phenoxy) is 4. The monoisotopic (exact) mass is 503 g/mol. The van der Waals surface area contributed by atoms with Crippen molar-refractivity contribution in [2.24, 2.45) is 0 Å². The van der Waals surface area contributed by atoms with Gasteiger partial charge in [0.1, 0.15) is 13.2 Å². The standard InChI is InChI=1S/C30H33NO6/c1-19-27(30(33)37-18-22-10-7-15-35-22)28(29-23(31-19)11-6-12-24(29)32)21-13-14-25(34-2)26(16-21)36-17-20-8-4-3-5-9-20/h3-5,8-9,13-14,16,22,28,31H,6-7,10-12,15,17-18H2,1-2H3/t22-,28+/m0/s1. The van der Waals surface area contributed by atoms with Gasteiger partial charge in [-0.1, -0.05) is 36.4 Å². The Hall–Kier alpha value is -3.58. The van der Waals surface area contributed by atoms with E-state index in [1.165, 1.54) is 0 Å². The molecule has 0 bridgehead atoms. The molecule has 1 aliphatic carbocycles. The van der Waals surface area contributed by atoms with Crippen molar-refractivity contribution in [3.63, 3.8) is 0 Å². The maximum Gasteiger partial charge on any atom is 0.336 e. The molecule has 0 amide bonds. The average molecular weight is 504 g/mol. The number of hydrogen-bond acceptors (Lipinski definition) is 7. The normalized spacial score (nSPS) is 21.4. The van der Waals surface area contributed by atoms with E-state index in [0.717, 1.165) is 42.5 Å². The summed E-state index contributed by atoms with van der Waals surface area (Å²) in [5.41, 5.74) is 4.50. The van der Waals surface area contributed by atoms with E-state index >= 15 is 0 Å². The van der Waals surface area contributed by atoms with Gasteiger partial charge >= 0.3 is 5.97 Å². The number of dihydropyridines is 1. The van der Waals surface area contributed by atoms with Gasteiger partial charge < -0.3 is 24.3 Å². The molecule has 194 valence electrons. The van der Waals surface area contributed by atoms with Crippen LogP contribution in [0.1, 0.15) is 56.1 Å². The third-order valence-corrected chi connectivity index (χ3v) is 7.18. The summed E-state index contributed by atoms with van der Waals surface area (Å²) in [7, 11) is 1.60. The van der Waals surface area contributed by atoms with Crippen LogP contribution in [0.3, 0.4) is 0 Å². The van der Waals surface area contributed by atoms with Gasteiger partial charge in [0.25, 0.3) is 0 Å². The molecule has 0 radical (unpaired) electrons. The van der Waals surface area contributed by atoms with Crippen molar-refractivity contribution < 1.29 is 28.5 Å². The van der Waals surface area contributed by atoms with Crippen LogP contribution in [-0.4, -0.2) is 38.2 Å². The fourth-order valence-corrected chi connectivity index (χ4v) is 5.33. The van der Waals surface area contributed by atoms with Gasteiger partial charge in [0.05, 0.1) is 18.8 Å². The average Bonchev–Trinajstić information content (AvgIpc) is 3.44. The van der Waals surface area contributed by atoms with Crippen LogP contribution in [0.4, 0.5) is 0 Å². The Morgan fingerprint density at radius 1 is 1.08 bits per heavy atom. The van der Waals surface area contributed by atoms with Crippen molar-refractivity contribution in [2.45, 2.75) is 57.7 Å². The van der Waals surface area contributed by atoms with Crippen molar-refractivity contribution in [3.05, 3.63) is 82.2 Å². The number of ketones is 1. The molecule has 0 spiro atoms. The summed E-state index contributed by atoms with van der Waals surface area (Å²) < 4.78 is 23.1. The number of esters is 1. The molecule has 1 fully saturated rings. The maximum atomic E-state index is 13.5. The number of carbonyl (C=O) groups is 2. The van der Waals surface area contributed by atoms with Gasteiger partial charge in [-0.3, -0.25) is 4.79 Å². The lowest BCUT2D eigenvalue weighted by Gasteiger charge is -2.34. The molecule has 5 rings (SSSR count). The fourth-order valence-electron chi connectivity index (χ4n) is 5.33. The zero-order valence-corrected chi connectivity index (χ0v) is 21.4. The molecule has 0 saturated carbocycles. The number of benzene rings is 2. The molecule has 37 heavy (non-hydrogen) atoms. The minimum absolute atomic E-state index is 0.0539. The summed E-state index contributed by atoms with van der Waals surface area (Å²) in [5, 5.41) is 3.34. The highest BCUT2D eigenvalue weighted by molar-refractivity contribution is 6.03. The molecule has 2 atom stereocenters. The number of rotatable bonds is 8. The highest BCUT2D eigenvalue weighted by atomic mass is 16.6. The maximum absolute atomic E-state index is 13.5. The summed E-state index contributed by atoms with van der Waals surface area (Å²) in [5.74, 6) is 0.209. The lowest BCUT2D eigenvalue weighted by molar-refractivity contribution is -0.142. The van der Waals surface area contributed by atoms with Gasteiger partial charge in [-0.05, 0) is 55.9 Å². The first kappa shape index (κ1) is 25.1. The minimum Gasteiger partial charge on any atom is -0.493 e. The third-order valence-electron chi connectivity index (χ3n) is 7.18. The van der Waals surface area contributed by atoms with Gasteiger partial charge in [-0.15, -0.1) is 0 Å². The molecule has 0 unspecified atom stereocenters. The first-order chi connectivity index (χ1) is 18.0. The number of allylic oxidation sites excluding steroid dienone is 3. The van der Waals surface area contributed by atoms with Gasteiger partial charge in [0.15, 0.2) is 17.3 Å². The van der Waals surface area contributed by atoms with Gasteiger partial charge in [-0.2, -0.15) is 0 Å². The zero-order chi connectivity index (χ0) is 25.8. The second-order valence-electron chi connectivity index (χ2n) is 9.68. The molecule has 2 aromatic rings. The van der Waals surface area contributed by atoms with Gasteiger partial charge in [-0.25, -0.2) is 4.79 Å². The molecular formula is C30H33NO6. The lowest BCUT2D eigenvalue weighted by atomic mass is 9.75. The van der Waals surface area contributed by atoms with E-state index in [-0.39, 0.29) is 18.5 Å². The summed E-state index contributed by atoms with van der Waals surface area (Å²) in [6.45, 7) is 3.13. The topological polar surface area (TPSA) is 83.1 Å². The van der Waals surface area contributed by atoms with Crippen LogP contribution in [0.2, 0.25) is 0 Å². The quantitative estimate of drug-likeness (QED) is 0.510. The summed E-state index contributed by atoms with van der Waals surface area (Å²) in [6, 6.07) is 15.5. The molecule has 0 aromatic heterocycles. The number of methoxy groups -OCH3 is 1. The van der Waals surface area contributed by atoms with Crippen molar-refractivity contribution >= 4 is 11.8 Å². The van der Waals surface area contributed by atoms with Gasteiger partial charge in [0, 0.05) is 35.9 Å². The van der Waals surface area contributed by atoms with E-state index in [1.807, 2.05) is 55.5 Å². The first-order valence-corrected chi connectivity index (χ1v) is 12.9. The van der Waals surface area contributed by atoms with Crippen molar-refractivity contribution in [1.82, 2.24) is 5.32 Å². The lowest BCUT2D eigenvalue weighted by Crippen LogP contribution is -2.35. The van der Waals surface area contributed by atoms with Crippen LogP contribution < -0.4 is 14.8 Å². The van der Waals surface area contributed by atoms with E-state index in [9.17, 15) is 9.59 Å².